The highest BCUT2D eigenvalue weighted by Crippen LogP contribution is 2.48. The van der Waals surface area contributed by atoms with Crippen LogP contribution in [0.2, 0.25) is 0 Å². The van der Waals surface area contributed by atoms with Crippen LogP contribution in [0.15, 0.2) is 0 Å². The van der Waals surface area contributed by atoms with Crippen LogP contribution in [-0.2, 0) is 24.4 Å². The van der Waals surface area contributed by atoms with Gasteiger partial charge in [0.15, 0.2) is 0 Å². The lowest BCUT2D eigenvalue weighted by Crippen LogP contribution is -2.53. The number of hydrogen-bond donors (Lipinski definition) is 3. The zero-order valence-corrected chi connectivity index (χ0v) is 28.2. The second kappa shape index (κ2) is 12.4. The van der Waals surface area contributed by atoms with Gasteiger partial charge in [-0.3, -0.25) is 14.1 Å². The van der Waals surface area contributed by atoms with E-state index in [0.29, 0.717) is 19.3 Å². The Balaban J connectivity index is 6.21. The fourth-order valence-electron chi connectivity index (χ4n) is 5.45. The van der Waals surface area contributed by atoms with Gasteiger partial charge in [0.2, 0.25) is 5.91 Å². The molecule has 0 saturated carbocycles. The van der Waals surface area contributed by atoms with Crippen molar-refractivity contribution in [2.75, 3.05) is 5.75 Å². The Bertz CT molecular complexity index is 951. The summed E-state index contributed by atoms with van der Waals surface area (Å²) in [5.41, 5.74) is -3.78. The number of ether oxygens (including phenoxy) is 1. The smallest absolute Gasteiger partial charge is 0.302 e. The first-order valence-corrected chi connectivity index (χ1v) is 15.6. The van der Waals surface area contributed by atoms with E-state index in [1.807, 2.05) is 62.3 Å². The van der Waals surface area contributed by atoms with Crippen LogP contribution in [-0.4, -0.2) is 53.0 Å². The molecule has 0 aromatic carbocycles. The molecule has 8 nitrogen and oxygen atoms in total. The summed E-state index contributed by atoms with van der Waals surface area (Å²) in [7, 11) is -4.28. The predicted molar refractivity (Wildman–Crippen MR) is 158 cm³/mol. The minimum absolute atomic E-state index is 0.0982. The summed E-state index contributed by atoms with van der Waals surface area (Å²) in [4.78, 5) is 25.7. The van der Waals surface area contributed by atoms with Gasteiger partial charge in [-0.05, 0) is 67.6 Å². The SMILES string of the molecule is CC(=O)OC(CC(C)(C)C(C)(O)CC(C)(C)C)C(C)C(C)(C)CC(C(=O)NC(C)(C)CS(=O)(=O)O)C(C)(C)C. The quantitative estimate of drug-likeness (QED) is 0.180. The van der Waals surface area contributed by atoms with Gasteiger partial charge in [0.05, 0.1) is 16.9 Å². The maximum atomic E-state index is 13.5. The van der Waals surface area contributed by atoms with Crippen molar-refractivity contribution >= 4 is 22.0 Å². The molecule has 0 aromatic heterocycles. The van der Waals surface area contributed by atoms with E-state index in [1.165, 1.54) is 6.92 Å². The molecular weight excluding hydrogens is 518 g/mol. The first kappa shape index (κ1) is 37.8. The van der Waals surface area contributed by atoms with E-state index < -0.39 is 61.2 Å². The van der Waals surface area contributed by atoms with Crippen molar-refractivity contribution in [3.63, 3.8) is 0 Å². The number of rotatable bonds is 13. The van der Waals surface area contributed by atoms with Crippen molar-refractivity contribution in [2.45, 2.75) is 140 Å². The van der Waals surface area contributed by atoms with Gasteiger partial charge in [0, 0.05) is 12.8 Å². The van der Waals surface area contributed by atoms with Crippen molar-refractivity contribution in [3.8, 4) is 0 Å². The third-order valence-electron chi connectivity index (χ3n) is 8.25. The minimum Gasteiger partial charge on any atom is -0.462 e. The third-order valence-corrected chi connectivity index (χ3v) is 9.34. The van der Waals surface area contributed by atoms with Crippen LogP contribution >= 0.6 is 0 Å². The van der Waals surface area contributed by atoms with Gasteiger partial charge in [0.1, 0.15) is 6.10 Å². The van der Waals surface area contributed by atoms with Crippen LogP contribution in [0.1, 0.15) is 123 Å². The van der Waals surface area contributed by atoms with Crippen LogP contribution in [0, 0.1) is 33.5 Å². The molecule has 0 aliphatic carbocycles. The number of amides is 1. The van der Waals surface area contributed by atoms with E-state index in [2.05, 4.69) is 26.1 Å². The molecule has 0 spiro atoms. The standard InChI is InChI=1S/C30H59NO7S/c1-20(23(38-21(2)32)17-28(11,12)30(15,34)18-25(3,4)5)27(9,10)16-22(26(6,7)8)24(33)31-29(13,14)19-39(35,36)37/h20,22-23,34H,16-19H2,1-15H3,(H,31,33)(H,35,36,37). The molecule has 0 fully saturated rings. The van der Waals surface area contributed by atoms with Gasteiger partial charge in [-0.25, -0.2) is 0 Å². The first-order valence-electron chi connectivity index (χ1n) is 14.0. The molecule has 232 valence electrons. The van der Waals surface area contributed by atoms with Crippen LogP contribution in [0.25, 0.3) is 0 Å². The lowest BCUT2D eigenvalue weighted by atomic mass is 9.61. The Hall–Kier alpha value is -1.19. The van der Waals surface area contributed by atoms with Crippen molar-refractivity contribution < 1.29 is 32.4 Å². The fourth-order valence-corrected chi connectivity index (χ4v) is 6.43. The Morgan fingerprint density at radius 3 is 1.69 bits per heavy atom. The lowest BCUT2D eigenvalue weighted by Gasteiger charge is -2.48. The number of hydrogen-bond acceptors (Lipinski definition) is 6. The van der Waals surface area contributed by atoms with Gasteiger partial charge < -0.3 is 15.2 Å². The monoisotopic (exact) mass is 577 g/mol. The van der Waals surface area contributed by atoms with Crippen molar-refractivity contribution in [3.05, 3.63) is 0 Å². The number of carbonyl (C=O) groups is 2. The molecule has 9 heteroatoms. The largest absolute Gasteiger partial charge is 0.462 e. The van der Waals surface area contributed by atoms with E-state index >= 15 is 0 Å². The average molecular weight is 578 g/mol. The van der Waals surface area contributed by atoms with Crippen LogP contribution in [0.3, 0.4) is 0 Å². The van der Waals surface area contributed by atoms with E-state index in [9.17, 15) is 27.7 Å². The molecule has 0 aliphatic rings. The molecule has 0 heterocycles. The maximum absolute atomic E-state index is 13.5. The highest BCUT2D eigenvalue weighted by Gasteiger charge is 2.48. The molecule has 0 aliphatic heterocycles. The van der Waals surface area contributed by atoms with Gasteiger partial charge in [-0.2, -0.15) is 8.42 Å². The lowest BCUT2D eigenvalue weighted by molar-refractivity contribution is -0.161. The van der Waals surface area contributed by atoms with Gasteiger partial charge in [-0.15, -0.1) is 0 Å². The summed E-state index contributed by atoms with van der Waals surface area (Å²) < 4.78 is 38.2. The van der Waals surface area contributed by atoms with E-state index in [0.717, 1.165) is 0 Å². The van der Waals surface area contributed by atoms with Crippen LogP contribution < -0.4 is 5.32 Å². The van der Waals surface area contributed by atoms with Gasteiger partial charge >= 0.3 is 5.97 Å². The van der Waals surface area contributed by atoms with Crippen molar-refractivity contribution in [1.29, 1.82) is 0 Å². The molecule has 4 unspecified atom stereocenters. The normalized spacial score (nSPS) is 18.1. The first-order chi connectivity index (χ1) is 16.8. The Labute approximate surface area is 239 Å². The van der Waals surface area contributed by atoms with Crippen LogP contribution in [0.5, 0.6) is 0 Å². The average Bonchev–Trinajstić information content (AvgIpc) is 2.58. The second-order valence-corrected chi connectivity index (χ2v) is 17.7. The topological polar surface area (TPSA) is 130 Å². The molecule has 0 aromatic rings. The zero-order valence-electron chi connectivity index (χ0n) is 27.4. The highest BCUT2D eigenvalue weighted by molar-refractivity contribution is 7.85. The maximum Gasteiger partial charge on any atom is 0.302 e. The second-order valence-electron chi connectivity index (χ2n) is 16.2. The van der Waals surface area contributed by atoms with Gasteiger partial charge in [0.25, 0.3) is 10.1 Å². The Morgan fingerprint density at radius 2 is 1.33 bits per heavy atom. The molecule has 0 rings (SSSR count). The predicted octanol–water partition coefficient (Wildman–Crippen LogP) is 6.02. The summed E-state index contributed by atoms with van der Waals surface area (Å²) in [6.07, 6.45) is 0.956. The van der Waals surface area contributed by atoms with Gasteiger partial charge in [-0.1, -0.05) is 76.2 Å². The molecule has 0 radical (unpaired) electrons. The molecule has 1 amide bonds. The number of carbonyl (C=O) groups excluding carboxylic acids is 2. The van der Waals surface area contributed by atoms with E-state index in [4.69, 9.17) is 4.74 Å². The number of esters is 1. The molecule has 4 atom stereocenters. The molecular formula is C30H59NO7S. The minimum atomic E-state index is -4.28. The zero-order chi connectivity index (χ0) is 31.6. The van der Waals surface area contributed by atoms with Crippen molar-refractivity contribution in [2.24, 2.45) is 33.5 Å². The summed E-state index contributed by atoms with van der Waals surface area (Å²) in [6, 6.07) is 0. The fraction of sp³-hybridized carbons (Fsp3) is 0.933. The summed E-state index contributed by atoms with van der Waals surface area (Å²) in [6.45, 7) is 28.6. The number of aliphatic hydroxyl groups is 1. The molecule has 39 heavy (non-hydrogen) atoms. The summed E-state index contributed by atoms with van der Waals surface area (Å²) in [5.74, 6) is -1.96. The van der Waals surface area contributed by atoms with E-state index in [1.54, 1.807) is 13.8 Å². The Kier molecular flexibility index (Phi) is 12.0. The van der Waals surface area contributed by atoms with Crippen molar-refractivity contribution in [1.82, 2.24) is 5.32 Å². The highest BCUT2D eigenvalue weighted by atomic mass is 32.2. The van der Waals surface area contributed by atoms with E-state index in [-0.39, 0.29) is 17.2 Å². The molecule has 0 saturated heterocycles. The Morgan fingerprint density at radius 1 is 0.872 bits per heavy atom. The molecule has 3 N–H and O–H groups in total. The number of nitrogens with one attached hydrogen (secondary N) is 1. The summed E-state index contributed by atoms with van der Waals surface area (Å²) in [5, 5.41) is 14.3. The molecule has 0 bridgehead atoms. The summed E-state index contributed by atoms with van der Waals surface area (Å²) >= 11 is 0. The third kappa shape index (κ3) is 12.9. The van der Waals surface area contributed by atoms with Crippen LogP contribution in [0.4, 0.5) is 0 Å².